The molecule has 2 heterocycles. The molecule has 31 heavy (non-hydrogen) atoms. The maximum atomic E-state index is 11.3. The van der Waals surface area contributed by atoms with E-state index in [9.17, 15) is 4.79 Å². The Morgan fingerprint density at radius 1 is 1.06 bits per heavy atom. The van der Waals surface area contributed by atoms with Crippen LogP contribution in [0.25, 0.3) is 5.69 Å². The Morgan fingerprint density at radius 3 is 2.26 bits per heavy atom. The minimum Gasteiger partial charge on any atom is -0.363 e. The first kappa shape index (κ1) is 20.8. The number of aryl methyl sites for hydroxylation is 1. The Bertz CT molecular complexity index is 1110. The van der Waals surface area contributed by atoms with Gasteiger partial charge >= 0.3 is 0 Å². The zero-order valence-electron chi connectivity index (χ0n) is 18.0. The van der Waals surface area contributed by atoms with Gasteiger partial charge in [0, 0.05) is 11.5 Å². The van der Waals surface area contributed by atoms with Crippen molar-refractivity contribution in [1.82, 2.24) is 19.7 Å². The highest BCUT2D eigenvalue weighted by Gasteiger charge is 2.14. The molecule has 6 nitrogen and oxygen atoms in total. The molecule has 0 radical (unpaired) electrons. The van der Waals surface area contributed by atoms with Gasteiger partial charge in [-0.2, -0.15) is 0 Å². The highest BCUT2D eigenvalue weighted by Crippen LogP contribution is 2.17. The SMILES string of the molecule is Cc1nc(C(N)=O)nn1-c1ccc(Cc2ccc(C#CC3CCN(C)CC3)cc2)cc1. The Balaban J connectivity index is 1.39. The molecule has 1 saturated heterocycles. The number of aromatic nitrogens is 3. The summed E-state index contributed by atoms with van der Waals surface area (Å²) in [5, 5.41) is 4.17. The molecule has 1 aromatic heterocycles. The summed E-state index contributed by atoms with van der Waals surface area (Å²) >= 11 is 0. The summed E-state index contributed by atoms with van der Waals surface area (Å²) in [7, 11) is 2.17. The molecule has 3 aromatic rings. The van der Waals surface area contributed by atoms with Crippen LogP contribution in [0.3, 0.4) is 0 Å². The quantitative estimate of drug-likeness (QED) is 0.667. The third kappa shape index (κ3) is 5.19. The third-order valence-corrected chi connectivity index (χ3v) is 5.67. The molecule has 6 heteroatoms. The van der Waals surface area contributed by atoms with Crippen LogP contribution in [0, 0.1) is 24.7 Å². The van der Waals surface area contributed by atoms with E-state index in [0.717, 1.165) is 43.6 Å². The first-order valence-corrected chi connectivity index (χ1v) is 10.6. The van der Waals surface area contributed by atoms with Crippen LogP contribution in [0.1, 0.15) is 46.0 Å². The van der Waals surface area contributed by atoms with Crippen LogP contribution in [0.5, 0.6) is 0 Å². The van der Waals surface area contributed by atoms with Gasteiger partial charge in [0.2, 0.25) is 5.82 Å². The predicted molar refractivity (Wildman–Crippen MR) is 121 cm³/mol. The standard InChI is InChI=1S/C25H27N5O/c1-18-27-25(24(26)31)28-30(18)23-11-9-22(10-12-23)17-21-7-5-19(6-8-21)3-4-20-13-15-29(2)16-14-20/h5-12,20H,13-17H2,1-2H3,(H2,26,31). The predicted octanol–water partition coefficient (Wildman–Crippen LogP) is 2.96. The van der Waals surface area contributed by atoms with E-state index in [1.165, 1.54) is 11.1 Å². The highest BCUT2D eigenvalue weighted by molar-refractivity contribution is 5.88. The molecule has 0 aliphatic carbocycles. The number of amides is 1. The van der Waals surface area contributed by atoms with Crippen molar-refractivity contribution in [2.24, 2.45) is 11.7 Å². The van der Waals surface area contributed by atoms with Crippen LogP contribution >= 0.6 is 0 Å². The molecule has 2 aromatic carbocycles. The average molecular weight is 414 g/mol. The Labute approximate surface area is 183 Å². The topological polar surface area (TPSA) is 77.0 Å². The van der Waals surface area contributed by atoms with E-state index >= 15 is 0 Å². The minimum absolute atomic E-state index is 0.0283. The first-order valence-electron chi connectivity index (χ1n) is 10.6. The number of rotatable bonds is 4. The van der Waals surface area contributed by atoms with Crippen LogP contribution in [0.15, 0.2) is 48.5 Å². The fraction of sp³-hybridized carbons (Fsp3) is 0.320. The zero-order valence-corrected chi connectivity index (χ0v) is 18.0. The molecule has 0 bridgehead atoms. The summed E-state index contributed by atoms with van der Waals surface area (Å²) < 4.78 is 1.63. The van der Waals surface area contributed by atoms with Gasteiger partial charge in [0.25, 0.3) is 5.91 Å². The van der Waals surface area contributed by atoms with Crippen molar-refractivity contribution in [3.8, 4) is 17.5 Å². The number of primary amides is 1. The summed E-state index contributed by atoms with van der Waals surface area (Å²) in [6.45, 7) is 4.07. The highest BCUT2D eigenvalue weighted by atomic mass is 16.1. The lowest BCUT2D eigenvalue weighted by Crippen LogP contribution is -2.29. The average Bonchev–Trinajstić information content (AvgIpc) is 3.17. The van der Waals surface area contributed by atoms with E-state index in [2.05, 4.69) is 70.3 Å². The summed E-state index contributed by atoms with van der Waals surface area (Å²) in [5.41, 5.74) is 9.63. The largest absolute Gasteiger partial charge is 0.363 e. The van der Waals surface area contributed by atoms with Crippen molar-refractivity contribution in [2.75, 3.05) is 20.1 Å². The second-order valence-corrected chi connectivity index (χ2v) is 8.15. The molecule has 1 fully saturated rings. The number of hydrogen-bond acceptors (Lipinski definition) is 4. The summed E-state index contributed by atoms with van der Waals surface area (Å²) in [6, 6.07) is 16.6. The van der Waals surface area contributed by atoms with Crippen LogP contribution < -0.4 is 5.73 Å². The molecule has 1 amide bonds. The lowest BCUT2D eigenvalue weighted by Gasteiger charge is -2.25. The van der Waals surface area contributed by atoms with E-state index < -0.39 is 5.91 Å². The maximum absolute atomic E-state index is 11.3. The van der Waals surface area contributed by atoms with Gasteiger partial charge in [-0.05, 0) is 81.7 Å². The lowest BCUT2D eigenvalue weighted by molar-refractivity contribution is 0.0990. The molecule has 0 saturated carbocycles. The van der Waals surface area contributed by atoms with E-state index in [4.69, 9.17) is 5.73 Å². The van der Waals surface area contributed by atoms with Crippen LogP contribution in [0.4, 0.5) is 0 Å². The van der Waals surface area contributed by atoms with Crippen LogP contribution in [-0.4, -0.2) is 45.7 Å². The molecule has 0 atom stereocenters. The number of nitrogens with zero attached hydrogens (tertiary/aromatic N) is 4. The number of likely N-dealkylation sites (tertiary alicyclic amines) is 1. The summed E-state index contributed by atoms with van der Waals surface area (Å²) in [4.78, 5) is 17.7. The van der Waals surface area contributed by atoms with E-state index in [0.29, 0.717) is 11.7 Å². The molecule has 1 aliphatic rings. The van der Waals surface area contributed by atoms with Gasteiger partial charge in [-0.15, -0.1) is 5.10 Å². The van der Waals surface area contributed by atoms with Crippen LogP contribution in [0.2, 0.25) is 0 Å². The molecule has 1 aliphatic heterocycles. The van der Waals surface area contributed by atoms with Crippen LogP contribution in [-0.2, 0) is 6.42 Å². The zero-order chi connectivity index (χ0) is 21.8. The number of piperidine rings is 1. The van der Waals surface area contributed by atoms with E-state index in [1.54, 1.807) is 11.6 Å². The van der Waals surface area contributed by atoms with Crippen molar-refractivity contribution in [2.45, 2.75) is 26.2 Å². The molecule has 4 rings (SSSR count). The number of benzene rings is 2. The van der Waals surface area contributed by atoms with Gasteiger partial charge in [0.05, 0.1) is 5.69 Å². The molecule has 0 spiro atoms. The second-order valence-electron chi connectivity index (χ2n) is 8.15. The van der Waals surface area contributed by atoms with E-state index in [-0.39, 0.29) is 5.82 Å². The fourth-order valence-corrected chi connectivity index (χ4v) is 3.77. The number of nitrogens with two attached hydrogens (primary N) is 1. The Morgan fingerprint density at radius 2 is 1.68 bits per heavy atom. The summed E-state index contributed by atoms with van der Waals surface area (Å²) in [5.74, 6) is 7.33. The number of carbonyl (C=O) groups excluding carboxylic acids is 1. The van der Waals surface area contributed by atoms with Crippen molar-refractivity contribution in [3.05, 3.63) is 76.9 Å². The number of carbonyl (C=O) groups is 1. The van der Waals surface area contributed by atoms with Gasteiger partial charge in [0.15, 0.2) is 0 Å². The molecule has 2 N–H and O–H groups in total. The lowest BCUT2D eigenvalue weighted by atomic mass is 9.97. The van der Waals surface area contributed by atoms with Crippen molar-refractivity contribution >= 4 is 5.91 Å². The van der Waals surface area contributed by atoms with Gasteiger partial charge in [-0.1, -0.05) is 36.1 Å². The van der Waals surface area contributed by atoms with Crippen molar-refractivity contribution < 1.29 is 4.79 Å². The van der Waals surface area contributed by atoms with E-state index in [1.807, 2.05) is 12.1 Å². The molecule has 158 valence electrons. The van der Waals surface area contributed by atoms with Crippen molar-refractivity contribution in [1.29, 1.82) is 0 Å². The Hall–Kier alpha value is -3.43. The van der Waals surface area contributed by atoms with Crippen molar-refractivity contribution in [3.63, 3.8) is 0 Å². The molecular weight excluding hydrogens is 386 g/mol. The van der Waals surface area contributed by atoms with Gasteiger partial charge in [-0.3, -0.25) is 4.79 Å². The molecule has 0 unspecified atom stereocenters. The minimum atomic E-state index is -0.627. The number of hydrogen-bond donors (Lipinski definition) is 1. The fourth-order valence-electron chi connectivity index (χ4n) is 3.77. The molecular formula is C25H27N5O. The van der Waals surface area contributed by atoms with Gasteiger partial charge < -0.3 is 10.6 Å². The second kappa shape index (κ2) is 9.15. The van der Waals surface area contributed by atoms with Gasteiger partial charge in [0.1, 0.15) is 5.82 Å². The Kier molecular flexibility index (Phi) is 6.15. The smallest absolute Gasteiger partial charge is 0.288 e. The monoisotopic (exact) mass is 413 g/mol. The normalized spacial score (nSPS) is 14.8. The summed E-state index contributed by atoms with van der Waals surface area (Å²) in [6.07, 6.45) is 3.16. The first-order chi connectivity index (χ1) is 15.0. The maximum Gasteiger partial charge on any atom is 0.288 e. The van der Waals surface area contributed by atoms with Gasteiger partial charge in [-0.25, -0.2) is 9.67 Å². The third-order valence-electron chi connectivity index (χ3n) is 5.67.